The smallest absolute Gasteiger partial charge is 0.181 e. The highest BCUT2D eigenvalue weighted by Gasteiger charge is 2.30. The summed E-state index contributed by atoms with van der Waals surface area (Å²) < 4.78 is 39.3. The molecule has 0 saturated carbocycles. The Morgan fingerprint density at radius 3 is 1.33 bits per heavy atom. The summed E-state index contributed by atoms with van der Waals surface area (Å²) in [4.78, 5) is 6.70. The topological polar surface area (TPSA) is 33.4 Å². The van der Waals surface area contributed by atoms with Crippen LogP contribution in [0.1, 0.15) is 11.1 Å². The summed E-state index contributed by atoms with van der Waals surface area (Å²) in [5.74, 6) is 0. The highest BCUT2D eigenvalue weighted by atomic mass is 19.4. The summed E-state index contributed by atoms with van der Waals surface area (Å²) in [5, 5.41) is 16.2. The monoisotopic (exact) mass is 564 g/mol. The van der Waals surface area contributed by atoms with Gasteiger partial charge in [0.05, 0.1) is 15.8 Å². The average Bonchev–Trinajstić information content (AvgIpc) is 3.47. The Morgan fingerprint density at radius 2 is 0.884 bits per heavy atom. The maximum Gasteiger partial charge on any atom is 0.416 e. The zero-order valence-electron chi connectivity index (χ0n) is 22.7. The molecule has 0 spiro atoms. The maximum absolute atomic E-state index is 13.1. The quantitative estimate of drug-likeness (QED) is 0.148. The van der Waals surface area contributed by atoms with Crippen LogP contribution in [0, 0.1) is 20.1 Å². The molecule has 7 rings (SSSR count). The zero-order valence-corrected chi connectivity index (χ0v) is 22.7. The van der Waals surface area contributed by atoms with Crippen LogP contribution in [0.3, 0.4) is 0 Å². The molecule has 43 heavy (non-hydrogen) atoms. The zero-order chi connectivity index (χ0) is 29.9. The van der Waals surface area contributed by atoms with Gasteiger partial charge in [-0.3, -0.25) is 0 Å². The largest absolute Gasteiger partial charge is 0.416 e. The Balaban J connectivity index is 1.48. The van der Waals surface area contributed by atoms with E-state index in [1.165, 1.54) is 17.7 Å². The fourth-order valence-electron chi connectivity index (χ4n) is 5.95. The standard InChI is InChI=1S/C36H19F3N4/c1-20-4-6-21(7-5-20)23-10-14-26-28-18-29-27-15-11-24(22-8-12-25(13-9-22)36(37,38)39)17-31(27)35(43-41-3)33(29)19-32(28)34(42-40-2)30(26)16-23/h4-19H,1H3/b42-34+,43-35-. The lowest BCUT2D eigenvalue weighted by Gasteiger charge is -2.08. The van der Waals surface area contributed by atoms with Crippen LogP contribution in [0.15, 0.2) is 107 Å². The summed E-state index contributed by atoms with van der Waals surface area (Å²) in [6.45, 7) is 17.1. The lowest BCUT2D eigenvalue weighted by atomic mass is 10.0. The molecule has 0 fully saturated rings. The van der Waals surface area contributed by atoms with Crippen molar-refractivity contribution in [1.82, 2.24) is 0 Å². The Kier molecular flexibility index (Phi) is 5.86. The van der Waals surface area contributed by atoms with Gasteiger partial charge in [0.1, 0.15) is 0 Å². The van der Waals surface area contributed by atoms with Gasteiger partial charge in [0.15, 0.2) is 10.7 Å². The van der Waals surface area contributed by atoms with Crippen molar-refractivity contribution in [3.05, 3.63) is 142 Å². The van der Waals surface area contributed by atoms with Crippen LogP contribution in [0.4, 0.5) is 13.2 Å². The first-order valence-electron chi connectivity index (χ1n) is 13.4. The van der Waals surface area contributed by atoms with Crippen molar-refractivity contribution in [2.24, 2.45) is 10.2 Å². The molecule has 0 radical (unpaired) electrons. The number of fused-ring (bicyclic) bond motifs is 6. The molecule has 0 atom stereocenters. The highest BCUT2D eigenvalue weighted by Crippen LogP contribution is 2.36. The van der Waals surface area contributed by atoms with Gasteiger partial charge in [-0.15, -0.1) is 9.91 Å². The Morgan fingerprint density at radius 1 is 0.488 bits per heavy atom. The van der Waals surface area contributed by atoms with Crippen LogP contribution in [-0.4, -0.2) is 0 Å². The minimum absolute atomic E-state index is 0.482. The predicted octanol–water partition coefficient (Wildman–Crippen LogP) is 9.31. The molecule has 7 aromatic carbocycles. The van der Waals surface area contributed by atoms with Gasteiger partial charge in [0.25, 0.3) is 0 Å². The van der Waals surface area contributed by atoms with E-state index < -0.39 is 11.7 Å². The second-order valence-corrected chi connectivity index (χ2v) is 10.5. The molecule has 0 aromatic heterocycles. The van der Waals surface area contributed by atoms with Crippen molar-refractivity contribution < 1.29 is 13.2 Å². The third kappa shape index (κ3) is 4.22. The molecule has 4 nitrogen and oxygen atoms in total. The molecule has 7 heteroatoms. The molecule has 0 heterocycles. The summed E-state index contributed by atoms with van der Waals surface area (Å²) in [6, 6.07) is 29.1. The minimum atomic E-state index is -4.41. The molecule has 0 N–H and O–H groups in total. The number of alkyl halides is 3. The number of rotatable bonds is 2. The van der Waals surface area contributed by atoms with E-state index >= 15 is 0 Å². The van der Waals surface area contributed by atoms with Crippen molar-refractivity contribution in [1.29, 1.82) is 0 Å². The predicted molar refractivity (Wildman–Crippen MR) is 164 cm³/mol. The Bertz CT molecular complexity index is 2450. The van der Waals surface area contributed by atoms with Crippen molar-refractivity contribution in [3.63, 3.8) is 0 Å². The first-order valence-corrected chi connectivity index (χ1v) is 13.4. The molecule has 0 bridgehead atoms. The second kappa shape index (κ2) is 9.65. The molecule has 7 aromatic rings. The molecule has 0 aliphatic rings. The third-order valence-electron chi connectivity index (χ3n) is 8.03. The lowest BCUT2D eigenvalue weighted by molar-refractivity contribution is -0.137. The van der Waals surface area contributed by atoms with Gasteiger partial charge in [0, 0.05) is 21.5 Å². The molecular weight excluding hydrogens is 545 g/mol. The van der Waals surface area contributed by atoms with Gasteiger partial charge in [-0.1, -0.05) is 66.2 Å². The van der Waals surface area contributed by atoms with Gasteiger partial charge in [0.2, 0.25) is 0 Å². The van der Waals surface area contributed by atoms with Crippen LogP contribution >= 0.6 is 0 Å². The number of nitrogens with zero attached hydrogens (tertiary/aromatic N) is 4. The highest BCUT2D eigenvalue weighted by molar-refractivity contribution is 6.21. The summed E-state index contributed by atoms with van der Waals surface area (Å²) in [7, 11) is 0. The van der Waals surface area contributed by atoms with E-state index in [0.717, 1.165) is 71.9 Å². The third-order valence-corrected chi connectivity index (χ3v) is 8.03. The molecule has 0 aliphatic heterocycles. The van der Waals surface area contributed by atoms with Gasteiger partial charge in [-0.25, -0.2) is 0 Å². The van der Waals surface area contributed by atoms with Crippen LogP contribution < -0.4 is 10.7 Å². The van der Waals surface area contributed by atoms with E-state index in [4.69, 9.17) is 13.1 Å². The van der Waals surface area contributed by atoms with Gasteiger partial charge in [-0.05, 0) is 87.1 Å². The first-order chi connectivity index (χ1) is 20.8. The molecule has 0 amide bonds. The van der Waals surface area contributed by atoms with Crippen LogP contribution in [-0.2, 0) is 6.18 Å². The van der Waals surface area contributed by atoms with Crippen molar-refractivity contribution in [2.45, 2.75) is 13.1 Å². The van der Waals surface area contributed by atoms with Crippen LogP contribution in [0.25, 0.3) is 75.3 Å². The number of hydrogen-bond acceptors (Lipinski definition) is 2. The number of aryl methyl sites for hydroxylation is 1. The Hall–Kier alpha value is -5.79. The molecule has 0 aliphatic carbocycles. The average molecular weight is 565 g/mol. The maximum atomic E-state index is 13.1. The summed E-state index contributed by atoms with van der Waals surface area (Å²) >= 11 is 0. The normalized spacial score (nSPS) is 12.9. The van der Waals surface area contributed by atoms with E-state index in [2.05, 4.69) is 68.6 Å². The van der Waals surface area contributed by atoms with E-state index in [9.17, 15) is 13.2 Å². The summed E-state index contributed by atoms with van der Waals surface area (Å²) in [5.41, 5.74) is 3.89. The van der Waals surface area contributed by atoms with E-state index in [-0.39, 0.29) is 0 Å². The number of benzene rings is 5. The second-order valence-electron chi connectivity index (χ2n) is 10.5. The summed E-state index contributed by atoms with van der Waals surface area (Å²) in [6.07, 6.45) is -4.41. The van der Waals surface area contributed by atoms with E-state index in [1.807, 2.05) is 31.2 Å². The minimum Gasteiger partial charge on any atom is -0.181 e. The molecule has 0 unspecified atom stereocenters. The number of halogens is 3. The SMILES string of the molecule is [C-]#[N+]/N=c1/c2cc(-c3ccc(C(F)(F)F)cc3)ccc2c2cc3c(cc12)/c(=N/[N+]#[C-])c1cc(-c2ccc(C)cc2)ccc13. The van der Waals surface area contributed by atoms with Crippen molar-refractivity contribution >= 4 is 43.1 Å². The lowest BCUT2D eigenvalue weighted by Crippen LogP contribution is -2.04. The van der Waals surface area contributed by atoms with Crippen molar-refractivity contribution in [2.75, 3.05) is 0 Å². The van der Waals surface area contributed by atoms with Crippen molar-refractivity contribution in [3.8, 4) is 22.3 Å². The van der Waals surface area contributed by atoms with Gasteiger partial charge in [-0.2, -0.15) is 26.3 Å². The Labute approximate surface area is 243 Å². The fraction of sp³-hybridized carbons (Fsp3) is 0.0556. The molecule has 0 saturated heterocycles. The number of hydrogen-bond donors (Lipinski definition) is 0. The fourth-order valence-corrected chi connectivity index (χ4v) is 5.95. The van der Waals surface area contributed by atoms with E-state index in [0.29, 0.717) is 16.3 Å². The van der Waals surface area contributed by atoms with Crippen LogP contribution in [0.5, 0.6) is 0 Å². The van der Waals surface area contributed by atoms with E-state index in [1.54, 1.807) is 0 Å². The molecular formula is C36H19F3N4. The van der Waals surface area contributed by atoms with Gasteiger partial charge < -0.3 is 0 Å². The van der Waals surface area contributed by atoms with Crippen LogP contribution in [0.2, 0.25) is 0 Å². The first kappa shape index (κ1) is 26.1. The van der Waals surface area contributed by atoms with Gasteiger partial charge >= 0.3 is 6.18 Å². The molecule has 204 valence electrons.